The van der Waals surface area contributed by atoms with Crippen LogP contribution in [0.15, 0.2) is 18.2 Å². The Morgan fingerprint density at radius 2 is 1.92 bits per heavy atom. The van der Waals surface area contributed by atoms with Crippen molar-refractivity contribution in [3.63, 3.8) is 0 Å². The highest BCUT2D eigenvalue weighted by molar-refractivity contribution is 5.97. The topological polar surface area (TPSA) is 78.1 Å². The number of benzene rings is 1. The first-order chi connectivity index (χ1) is 11.7. The number of aromatic nitrogens is 2. The summed E-state index contributed by atoms with van der Waals surface area (Å²) < 4.78 is 0. The van der Waals surface area contributed by atoms with E-state index in [1.165, 1.54) is 4.90 Å². The van der Waals surface area contributed by atoms with Gasteiger partial charge < -0.3 is 10.2 Å². The second-order valence-corrected chi connectivity index (χ2v) is 6.73. The minimum Gasteiger partial charge on any atom is -0.345 e. The van der Waals surface area contributed by atoms with Crippen molar-refractivity contribution >= 4 is 17.5 Å². The summed E-state index contributed by atoms with van der Waals surface area (Å²) in [5.74, 6) is -0.0251. The molecule has 0 aliphatic carbocycles. The molecule has 0 unspecified atom stereocenters. The van der Waals surface area contributed by atoms with Crippen molar-refractivity contribution in [2.75, 3.05) is 19.4 Å². The predicted octanol–water partition coefficient (Wildman–Crippen LogP) is 3.17. The van der Waals surface area contributed by atoms with E-state index in [9.17, 15) is 9.59 Å². The highest BCUT2D eigenvalue weighted by atomic mass is 16.2. The Morgan fingerprint density at radius 1 is 1.24 bits per heavy atom. The van der Waals surface area contributed by atoms with E-state index >= 15 is 0 Å². The standard InChI is InChI=1S/C19H26N4O2/c1-11-9-15(7-8-16(11)19(25)23(5)6)20-17(24)10-12(2)18-13(3)21-22-14(18)4/h7-9,12H,10H2,1-6H3,(H,20,24)(H,21,22)/t12-/m1/s1. The van der Waals surface area contributed by atoms with Gasteiger partial charge in [0.1, 0.15) is 0 Å². The SMILES string of the molecule is Cc1cc(NC(=O)C[C@@H](C)c2c(C)n[nH]c2C)ccc1C(=O)N(C)C. The maximum Gasteiger partial charge on any atom is 0.253 e. The monoisotopic (exact) mass is 342 g/mol. The van der Waals surface area contributed by atoms with E-state index in [2.05, 4.69) is 15.5 Å². The van der Waals surface area contributed by atoms with Crippen molar-refractivity contribution in [3.05, 3.63) is 46.3 Å². The molecule has 0 saturated heterocycles. The second-order valence-electron chi connectivity index (χ2n) is 6.73. The molecule has 0 bridgehead atoms. The van der Waals surface area contributed by atoms with Gasteiger partial charge in [-0.1, -0.05) is 6.92 Å². The van der Waals surface area contributed by atoms with Crippen LogP contribution in [0.2, 0.25) is 0 Å². The first kappa shape index (κ1) is 18.7. The first-order valence-electron chi connectivity index (χ1n) is 8.34. The van der Waals surface area contributed by atoms with Gasteiger partial charge in [-0.3, -0.25) is 14.7 Å². The van der Waals surface area contributed by atoms with Crippen molar-refractivity contribution in [2.45, 2.75) is 40.0 Å². The van der Waals surface area contributed by atoms with Crippen LogP contribution in [0.1, 0.15) is 52.1 Å². The van der Waals surface area contributed by atoms with Gasteiger partial charge in [-0.15, -0.1) is 0 Å². The predicted molar refractivity (Wildman–Crippen MR) is 98.9 cm³/mol. The number of hydrogen-bond acceptors (Lipinski definition) is 3. The minimum atomic E-state index is -0.0569. The van der Waals surface area contributed by atoms with Crippen molar-refractivity contribution in [1.29, 1.82) is 0 Å². The number of anilines is 1. The molecule has 0 saturated carbocycles. The van der Waals surface area contributed by atoms with Crippen LogP contribution in [0, 0.1) is 20.8 Å². The molecule has 25 heavy (non-hydrogen) atoms. The van der Waals surface area contributed by atoms with Crippen molar-refractivity contribution in [2.24, 2.45) is 0 Å². The second kappa shape index (κ2) is 7.51. The minimum absolute atomic E-state index is 0.0464. The Hall–Kier alpha value is -2.63. The Kier molecular flexibility index (Phi) is 5.62. The van der Waals surface area contributed by atoms with Gasteiger partial charge in [0.2, 0.25) is 5.91 Å². The molecule has 6 nitrogen and oxygen atoms in total. The van der Waals surface area contributed by atoms with Gasteiger partial charge in [0.25, 0.3) is 5.91 Å². The fourth-order valence-corrected chi connectivity index (χ4v) is 3.10. The van der Waals surface area contributed by atoms with Crippen LogP contribution >= 0.6 is 0 Å². The molecule has 2 N–H and O–H groups in total. The van der Waals surface area contributed by atoms with Gasteiger partial charge in [-0.05, 0) is 56.0 Å². The molecule has 1 aromatic carbocycles. The molecule has 0 aliphatic rings. The van der Waals surface area contributed by atoms with E-state index in [1.54, 1.807) is 26.2 Å². The van der Waals surface area contributed by atoms with E-state index in [-0.39, 0.29) is 17.7 Å². The summed E-state index contributed by atoms with van der Waals surface area (Å²) in [7, 11) is 3.44. The lowest BCUT2D eigenvalue weighted by Gasteiger charge is -2.15. The summed E-state index contributed by atoms with van der Waals surface area (Å²) in [6.45, 7) is 7.80. The van der Waals surface area contributed by atoms with E-state index in [0.29, 0.717) is 17.7 Å². The Balaban J connectivity index is 2.06. The van der Waals surface area contributed by atoms with Crippen LogP contribution in [0.5, 0.6) is 0 Å². The zero-order valence-corrected chi connectivity index (χ0v) is 15.7. The molecule has 134 valence electrons. The number of carbonyl (C=O) groups excluding carboxylic acids is 2. The number of nitrogens with one attached hydrogen (secondary N) is 2. The normalized spacial score (nSPS) is 11.9. The third-order valence-electron chi connectivity index (χ3n) is 4.32. The molecule has 2 amide bonds. The molecule has 1 atom stereocenters. The number of rotatable bonds is 5. The Morgan fingerprint density at radius 3 is 2.44 bits per heavy atom. The molecule has 0 aliphatic heterocycles. The number of nitrogens with zero attached hydrogens (tertiary/aromatic N) is 2. The number of hydrogen-bond donors (Lipinski definition) is 2. The smallest absolute Gasteiger partial charge is 0.253 e. The van der Waals surface area contributed by atoms with Gasteiger partial charge in [-0.25, -0.2) is 0 Å². The molecule has 1 heterocycles. The number of aryl methyl sites for hydroxylation is 3. The van der Waals surface area contributed by atoms with Crippen molar-refractivity contribution < 1.29 is 9.59 Å². The van der Waals surface area contributed by atoms with Crippen LogP contribution < -0.4 is 5.32 Å². The lowest BCUT2D eigenvalue weighted by atomic mass is 9.95. The van der Waals surface area contributed by atoms with E-state index in [1.807, 2.05) is 33.8 Å². The molecule has 2 rings (SSSR count). The molecular weight excluding hydrogens is 316 g/mol. The van der Waals surface area contributed by atoms with Crippen LogP contribution in [-0.4, -0.2) is 41.0 Å². The van der Waals surface area contributed by atoms with Gasteiger partial charge in [-0.2, -0.15) is 5.10 Å². The maximum absolute atomic E-state index is 12.4. The van der Waals surface area contributed by atoms with E-state index < -0.39 is 0 Å². The molecule has 1 aromatic heterocycles. The summed E-state index contributed by atoms with van der Waals surface area (Å²) in [6, 6.07) is 5.34. The average Bonchev–Trinajstić information content (AvgIpc) is 2.85. The van der Waals surface area contributed by atoms with Gasteiger partial charge in [0, 0.05) is 37.5 Å². The molecule has 0 fully saturated rings. The van der Waals surface area contributed by atoms with Crippen LogP contribution in [0.3, 0.4) is 0 Å². The van der Waals surface area contributed by atoms with Gasteiger partial charge >= 0.3 is 0 Å². The van der Waals surface area contributed by atoms with Crippen LogP contribution in [0.25, 0.3) is 0 Å². The highest BCUT2D eigenvalue weighted by Crippen LogP contribution is 2.25. The summed E-state index contributed by atoms with van der Waals surface area (Å²) >= 11 is 0. The van der Waals surface area contributed by atoms with Gasteiger partial charge in [0.15, 0.2) is 0 Å². The van der Waals surface area contributed by atoms with Crippen molar-refractivity contribution in [1.82, 2.24) is 15.1 Å². The summed E-state index contributed by atoms with van der Waals surface area (Å²) in [5.41, 5.74) is 5.20. The fourth-order valence-electron chi connectivity index (χ4n) is 3.10. The summed E-state index contributed by atoms with van der Waals surface area (Å²) in [4.78, 5) is 26.0. The number of aromatic amines is 1. The van der Waals surface area contributed by atoms with E-state index in [0.717, 1.165) is 22.5 Å². The fraction of sp³-hybridized carbons (Fsp3) is 0.421. The molecular formula is C19H26N4O2. The molecule has 2 aromatic rings. The number of carbonyl (C=O) groups is 2. The number of amides is 2. The molecule has 0 radical (unpaired) electrons. The summed E-state index contributed by atoms with van der Waals surface area (Å²) in [6.07, 6.45) is 0.374. The van der Waals surface area contributed by atoms with Crippen LogP contribution in [-0.2, 0) is 4.79 Å². The Labute approximate surface area is 148 Å². The summed E-state index contributed by atoms with van der Waals surface area (Å²) in [5, 5.41) is 10.1. The molecule has 6 heteroatoms. The lowest BCUT2D eigenvalue weighted by Crippen LogP contribution is -2.22. The third-order valence-corrected chi connectivity index (χ3v) is 4.32. The zero-order valence-electron chi connectivity index (χ0n) is 15.7. The average molecular weight is 342 g/mol. The highest BCUT2D eigenvalue weighted by Gasteiger charge is 2.18. The maximum atomic E-state index is 12.4. The van der Waals surface area contributed by atoms with E-state index in [4.69, 9.17) is 0 Å². The Bertz CT molecular complexity index is 773. The van der Waals surface area contributed by atoms with Gasteiger partial charge in [0.05, 0.1) is 5.69 Å². The quantitative estimate of drug-likeness (QED) is 0.876. The van der Waals surface area contributed by atoms with Crippen LogP contribution in [0.4, 0.5) is 5.69 Å². The number of H-pyrrole nitrogens is 1. The lowest BCUT2D eigenvalue weighted by molar-refractivity contribution is -0.116. The third kappa shape index (κ3) is 4.26. The largest absolute Gasteiger partial charge is 0.345 e. The first-order valence-corrected chi connectivity index (χ1v) is 8.34. The zero-order chi connectivity index (χ0) is 18.7. The van der Waals surface area contributed by atoms with Crippen molar-refractivity contribution in [3.8, 4) is 0 Å². The molecule has 0 spiro atoms.